The average molecular weight is 375 g/mol. The number of benzene rings is 1. The zero-order valence-electron chi connectivity index (χ0n) is 15.8. The second-order valence-electron chi connectivity index (χ2n) is 8.14. The first kappa shape index (κ1) is 18.9. The number of aromatic nitrogens is 2. The quantitative estimate of drug-likeness (QED) is 0.843. The van der Waals surface area contributed by atoms with Crippen molar-refractivity contribution >= 4 is 17.5 Å². The molecule has 0 spiro atoms. The normalized spacial score (nSPS) is 19.9. The van der Waals surface area contributed by atoms with Crippen LogP contribution in [0.4, 0.5) is 0 Å². The third kappa shape index (κ3) is 4.46. The lowest BCUT2D eigenvalue weighted by Gasteiger charge is -2.36. The summed E-state index contributed by atoms with van der Waals surface area (Å²) >= 11 is 6.01. The topological polar surface area (TPSA) is 59.0 Å². The summed E-state index contributed by atoms with van der Waals surface area (Å²) < 4.78 is 1.67. The number of amides is 1. The predicted molar refractivity (Wildman–Crippen MR) is 104 cm³/mol. The van der Waals surface area contributed by atoms with Crippen LogP contribution in [0.1, 0.15) is 55.4 Å². The number of carbonyl (C=O) groups excluding carboxylic acids is 1. The molecule has 1 heterocycles. The minimum Gasteiger partial charge on any atom is -0.348 e. The van der Waals surface area contributed by atoms with E-state index in [-0.39, 0.29) is 17.4 Å². The molecule has 1 aromatic carbocycles. The fraction of sp³-hybridized carbons (Fsp3) is 0.500. The molecule has 2 aromatic rings. The van der Waals surface area contributed by atoms with E-state index in [1.54, 1.807) is 4.68 Å². The molecule has 2 N–H and O–H groups in total. The molecule has 1 saturated carbocycles. The lowest BCUT2D eigenvalue weighted by atomic mass is 9.86. The maximum atomic E-state index is 12.5. The van der Waals surface area contributed by atoms with Crippen molar-refractivity contribution in [2.45, 2.75) is 57.7 Å². The van der Waals surface area contributed by atoms with Crippen LogP contribution in [0.25, 0.3) is 0 Å². The van der Waals surface area contributed by atoms with Crippen molar-refractivity contribution in [3.63, 3.8) is 0 Å². The molecular formula is C20H27ClN4O. The highest BCUT2D eigenvalue weighted by atomic mass is 35.5. The molecule has 3 rings (SSSR count). The predicted octanol–water partition coefficient (Wildman–Crippen LogP) is 3.42. The molecule has 0 radical (unpaired) electrons. The van der Waals surface area contributed by atoms with Gasteiger partial charge in [-0.25, -0.2) is 0 Å². The van der Waals surface area contributed by atoms with Gasteiger partial charge in [-0.05, 0) is 36.6 Å². The molecule has 26 heavy (non-hydrogen) atoms. The van der Waals surface area contributed by atoms with Gasteiger partial charge in [0.25, 0.3) is 5.91 Å². The highest BCUT2D eigenvalue weighted by Crippen LogP contribution is 2.23. The fourth-order valence-electron chi connectivity index (χ4n) is 3.12. The highest BCUT2D eigenvalue weighted by molar-refractivity contribution is 6.30. The van der Waals surface area contributed by atoms with E-state index in [9.17, 15) is 4.79 Å². The molecule has 1 aliphatic carbocycles. The van der Waals surface area contributed by atoms with Gasteiger partial charge in [0.2, 0.25) is 0 Å². The minimum absolute atomic E-state index is 0.0474. The van der Waals surface area contributed by atoms with Crippen LogP contribution in [-0.4, -0.2) is 27.8 Å². The molecule has 5 nitrogen and oxygen atoms in total. The molecule has 0 aliphatic heterocycles. The first-order valence-electron chi connectivity index (χ1n) is 9.05. The monoisotopic (exact) mass is 374 g/mol. The van der Waals surface area contributed by atoms with Crippen LogP contribution < -0.4 is 10.6 Å². The molecule has 1 fully saturated rings. The van der Waals surface area contributed by atoms with Crippen LogP contribution in [-0.2, 0) is 19.0 Å². The van der Waals surface area contributed by atoms with Gasteiger partial charge in [-0.2, -0.15) is 5.10 Å². The van der Waals surface area contributed by atoms with Crippen LogP contribution >= 0.6 is 11.6 Å². The molecular weight excluding hydrogens is 348 g/mol. The molecule has 1 amide bonds. The first-order valence-corrected chi connectivity index (χ1v) is 9.43. The van der Waals surface area contributed by atoms with E-state index in [4.69, 9.17) is 11.6 Å². The lowest BCUT2D eigenvalue weighted by molar-refractivity contribution is 0.0892. The average Bonchev–Trinajstić information content (AvgIpc) is 2.91. The van der Waals surface area contributed by atoms with Gasteiger partial charge in [0, 0.05) is 36.1 Å². The van der Waals surface area contributed by atoms with E-state index in [2.05, 4.69) is 42.6 Å². The molecule has 0 unspecified atom stereocenters. The summed E-state index contributed by atoms with van der Waals surface area (Å²) in [7, 11) is 1.82. The maximum Gasteiger partial charge on any atom is 0.269 e. The third-order valence-electron chi connectivity index (χ3n) is 4.84. The number of carbonyl (C=O) groups is 1. The van der Waals surface area contributed by atoms with Crippen molar-refractivity contribution in [1.82, 2.24) is 20.4 Å². The summed E-state index contributed by atoms with van der Waals surface area (Å²) in [6.07, 6.45) is 1.88. The van der Waals surface area contributed by atoms with Crippen molar-refractivity contribution in [1.29, 1.82) is 0 Å². The van der Waals surface area contributed by atoms with E-state index < -0.39 is 0 Å². The number of rotatable bonds is 5. The number of nitrogens with one attached hydrogen (secondary N) is 2. The molecule has 0 bridgehead atoms. The SMILES string of the molecule is Cn1nc(C(C)(C)C)cc1C(=O)NC1CC(NCc2cccc(Cl)c2)C1. The van der Waals surface area contributed by atoms with Gasteiger partial charge in [0.1, 0.15) is 5.69 Å². The summed E-state index contributed by atoms with van der Waals surface area (Å²) in [5.41, 5.74) is 2.65. The smallest absolute Gasteiger partial charge is 0.269 e. The third-order valence-corrected chi connectivity index (χ3v) is 5.07. The van der Waals surface area contributed by atoms with Crippen molar-refractivity contribution in [3.05, 3.63) is 52.3 Å². The van der Waals surface area contributed by atoms with E-state index in [0.717, 1.165) is 30.1 Å². The van der Waals surface area contributed by atoms with Crippen LogP contribution in [0.2, 0.25) is 5.02 Å². The number of hydrogen-bond acceptors (Lipinski definition) is 3. The zero-order valence-corrected chi connectivity index (χ0v) is 16.6. The lowest BCUT2D eigenvalue weighted by Crippen LogP contribution is -2.52. The van der Waals surface area contributed by atoms with Crippen LogP contribution in [0, 0.1) is 0 Å². The Morgan fingerprint density at radius 3 is 2.62 bits per heavy atom. The van der Waals surface area contributed by atoms with E-state index in [1.807, 2.05) is 31.3 Å². The van der Waals surface area contributed by atoms with Gasteiger partial charge in [-0.1, -0.05) is 44.5 Å². The molecule has 6 heteroatoms. The van der Waals surface area contributed by atoms with Crippen molar-refractivity contribution < 1.29 is 4.79 Å². The molecule has 0 saturated heterocycles. The number of halogens is 1. The van der Waals surface area contributed by atoms with Crippen LogP contribution in [0.5, 0.6) is 0 Å². The van der Waals surface area contributed by atoms with Crippen molar-refractivity contribution in [2.75, 3.05) is 0 Å². The Morgan fingerprint density at radius 1 is 1.27 bits per heavy atom. The van der Waals surface area contributed by atoms with Gasteiger partial charge >= 0.3 is 0 Å². The van der Waals surface area contributed by atoms with Crippen molar-refractivity contribution in [3.8, 4) is 0 Å². The maximum absolute atomic E-state index is 12.5. The number of nitrogens with zero attached hydrogens (tertiary/aromatic N) is 2. The molecule has 140 valence electrons. The van der Waals surface area contributed by atoms with E-state index >= 15 is 0 Å². The Bertz CT molecular complexity index is 787. The summed E-state index contributed by atoms with van der Waals surface area (Å²) in [4.78, 5) is 12.5. The summed E-state index contributed by atoms with van der Waals surface area (Å²) in [5, 5.41) is 11.9. The molecule has 1 aliphatic rings. The van der Waals surface area contributed by atoms with Gasteiger partial charge in [-0.3, -0.25) is 9.48 Å². The van der Waals surface area contributed by atoms with E-state index in [0.29, 0.717) is 11.7 Å². The first-order chi connectivity index (χ1) is 12.2. The number of hydrogen-bond donors (Lipinski definition) is 2. The second-order valence-corrected chi connectivity index (χ2v) is 8.57. The Labute approximate surface area is 160 Å². The van der Waals surface area contributed by atoms with Crippen LogP contribution in [0.15, 0.2) is 30.3 Å². The Balaban J connectivity index is 1.47. The van der Waals surface area contributed by atoms with Crippen LogP contribution in [0.3, 0.4) is 0 Å². The summed E-state index contributed by atoms with van der Waals surface area (Å²) in [5.74, 6) is -0.0474. The molecule has 1 aromatic heterocycles. The summed E-state index contributed by atoms with van der Waals surface area (Å²) in [6.45, 7) is 7.08. The largest absolute Gasteiger partial charge is 0.348 e. The number of aryl methyl sites for hydroxylation is 1. The standard InChI is InChI=1S/C20H27ClN4O/c1-20(2,3)18-11-17(25(4)24-18)19(26)23-16-9-15(10-16)22-12-13-6-5-7-14(21)8-13/h5-8,11,15-16,22H,9-10,12H2,1-4H3,(H,23,26). The van der Waals surface area contributed by atoms with Gasteiger partial charge in [0.15, 0.2) is 0 Å². The second kappa shape index (κ2) is 7.41. The zero-order chi connectivity index (χ0) is 18.9. The van der Waals surface area contributed by atoms with Crippen molar-refractivity contribution in [2.24, 2.45) is 7.05 Å². The highest BCUT2D eigenvalue weighted by Gasteiger charge is 2.31. The van der Waals surface area contributed by atoms with Gasteiger partial charge in [0.05, 0.1) is 5.69 Å². The fourth-order valence-corrected chi connectivity index (χ4v) is 3.33. The molecule has 0 atom stereocenters. The Hall–Kier alpha value is -1.85. The summed E-state index contributed by atoms with van der Waals surface area (Å²) in [6, 6.07) is 10.4. The van der Waals surface area contributed by atoms with Gasteiger partial charge < -0.3 is 10.6 Å². The Morgan fingerprint density at radius 2 is 2.00 bits per heavy atom. The van der Waals surface area contributed by atoms with Gasteiger partial charge in [-0.15, -0.1) is 0 Å². The Kier molecular flexibility index (Phi) is 5.39. The van der Waals surface area contributed by atoms with E-state index in [1.165, 1.54) is 5.56 Å². The minimum atomic E-state index is -0.0674.